The molecule has 0 heterocycles. The summed E-state index contributed by atoms with van der Waals surface area (Å²) in [4.78, 5) is 0. The van der Waals surface area contributed by atoms with Crippen LogP contribution >= 0.6 is 0 Å². The third-order valence-corrected chi connectivity index (χ3v) is 4.00. The van der Waals surface area contributed by atoms with Crippen molar-refractivity contribution in [3.63, 3.8) is 0 Å². The van der Waals surface area contributed by atoms with Gasteiger partial charge in [0.05, 0.1) is 14.2 Å². The molecule has 0 N–H and O–H groups in total. The Balaban J connectivity index is 2.27. The van der Waals surface area contributed by atoms with Crippen LogP contribution in [-0.4, -0.2) is 14.2 Å². The highest BCUT2D eigenvalue weighted by Crippen LogP contribution is 2.37. The summed E-state index contributed by atoms with van der Waals surface area (Å²) in [7, 11) is 3.25. The summed E-state index contributed by atoms with van der Waals surface area (Å²) in [6, 6.07) is 22.1. The van der Waals surface area contributed by atoms with Crippen LogP contribution in [0.5, 0.6) is 11.5 Å². The fourth-order valence-electron chi connectivity index (χ4n) is 2.78. The van der Waals surface area contributed by atoms with Crippen molar-refractivity contribution in [2.45, 2.75) is 0 Å². The van der Waals surface area contributed by atoms with Gasteiger partial charge in [0.25, 0.3) is 0 Å². The molecule has 2 nitrogen and oxygen atoms in total. The van der Waals surface area contributed by atoms with E-state index in [1.54, 1.807) is 26.4 Å². The van der Waals surface area contributed by atoms with Crippen molar-refractivity contribution in [2.24, 2.45) is 0 Å². The smallest absolute Gasteiger partial charge is 0.130 e. The fourth-order valence-corrected chi connectivity index (χ4v) is 2.78. The SMILES string of the molecule is COc1ccccc1C(=Cc1ccccc1F)c1ccccc1OC. The highest BCUT2D eigenvalue weighted by molar-refractivity contribution is 5.95. The summed E-state index contributed by atoms with van der Waals surface area (Å²) < 4.78 is 25.3. The molecular formula is C22H19FO2. The molecule has 3 heteroatoms. The minimum absolute atomic E-state index is 0.273. The van der Waals surface area contributed by atoms with E-state index in [9.17, 15) is 4.39 Å². The van der Waals surface area contributed by atoms with E-state index in [1.165, 1.54) is 6.07 Å². The molecule has 0 amide bonds. The summed E-state index contributed by atoms with van der Waals surface area (Å²) in [5.74, 6) is 1.16. The average molecular weight is 334 g/mol. The molecule has 0 aromatic heterocycles. The monoisotopic (exact) mass is 334 g/mol. The van der Waals surface area contributed by atoms with E-state index in [1.807, 2.05) is 60.7 Å². The molecule has 25 heavy (non-hydrogen) atoms. The first-order valence-corrected chi connectivity index (χ1v) is 7.97. The zero-order chi connectivity index (χ0) is 17.6. The maximum absolute atomic E-state index is 14.2. The Kier molecular flexibility index (Phi) is 5.14. The Bertz CT molecular complexity index is 850. The van der Waals surface area contributed by atoms with E-state index in [-0.39, 0.29) is 5.82 Å². The third kappa shape index (κ3) is 3.56. The molecule has 0 saturated carbocycles. The van der Waals surface area contributed by atoms with Gasteiger partial charge in [0.15, 0.2) is 0 Å². The van der Waals surface area contributed by atoms with E-state index in [0.29, 0.717) is 5.56 Å². The van der Waals surface area contributed by atoms with Gasteiger partial charge in [-0.05, 0) is 29.8 Å². The van der Waals surface area contributed by atoms with Gasteiger partial charge < -0.3 is 9.47 Å². The van der Waals surface area contributed by atoms with Gasteiger partial charge in [0.2, 0.25) is 0 Å². The number of hydrogen-bond donors (Lipinski definition) is 0. The molecule has 0 aliphatic rings. The van der Waals surface area contributed by atoms with E-state index < -0.39 is 0 Å². The lowest BCUT2D eigenvalue weighted by Gasteiger charge is -2.16. The zero-order valence-corrected chi connectivity index (χ0v) is 14.2. The van der Waals surface area contributed by atoms with Crippen LogP contribution in [0.15, 0.2) is 72.8 Å². The molecule has 0 aliphatic heterocycles. The van der Waals surface area contributed by atoms with Gasteiger partial charge in [-0.2, -0.15) is 0 Å². The average Bonchev–Trinajstić information content (AvgIpc) is 2.67. The summed E-state index contributed by atoms with van der Waals surface area (Å²) in [5.41, 5.74) is 3.09. The molecule has 126 valence electrons. The van der Waals surface area contributed by atoms with E-state index in [4.69, 9.17) is 9.47 Å². The van der Waals surface area contributed by atoms with E-state index in [0.717, 1.165) is 28.2 Å². The minimum Gasteiger partial charge on any atom is -0.496 e. The largest absolute Gasteiger partial charge is 0.496 e. The molecular weight excluding hydrogens is 315 g/mol. The number of hydrogen-bond acceptors (Lipinski definition) is 2. The lowest BCUT2D eigenvalue weighted by atomic mass is 9.94. The number of para-hydroxylation sites is 2. The molecule has 0 atom stereocenters. The summed E-state index contributed by atoms with van der Waals surface area (Å²) in [6.07, 6.45) is 1.82. The minimum atomic E-state index is -0.273. The van der Waals surface area contributed by atoms with Crippen LogP contribution < -0.4 is 9.47 Å². The van der Waals surface area contributed by atoms with Crippen LogP contribution in [0.1, 0.15) is 16.7 Å². The van der Waals surface area contributed by atoms with Gasteiger partial charge in [-0.1, -0.05) is 54.6 Å². The Labute approximate surface area is 147 Å². The fraction of sp³-hybridized carbons (Fsp3) is 0.0909. The molecule has 0 bridgehead atoms. The van der Waals surface area contributed by atoms with Crippen molar-refractivity contribution < 1.29 is 13.9 Å². The van der Waals surface area contributed by atoms with Gasteiger partial charge in [0.1, 0.15) is 17.3 Å². The summed E-state index contributed by atoms with van der Waals surface area (Å²) >= 11 is 0. The molecule has 3 rings (SSSR count). The molecule has 0 radical (unpaired) electrons. The Morgan fingerprint density at radius 3 is 1.72 bits per heavy atom. The zero-order valence-electron chi connectivity index (χ0n) is 14.2. The van der Waals surface area contributed by atoms with Gasteiger partial charge in [-0.3, -0.25) is 0 Å². The summed E-state index contributed by atoms with van der Waals surface area (Å²) in [6.45, 7) is 0. The van der Waals surface area contributed by atoms with Gasteiger partial charge >= 0.3 is 0 Å². The van der Waals surface area contributed by atoms with E-state index >= 15 is 0 Å². The van der Waals surface area contributed by atoms with Crippen LogP contribution in [0.3, 0.4) is 0 Å². The second-order valence-electron chi connectivity index (χ2n) is 5.48. The predicted octanol–water partition coefficient (Wildman–Crippen LogP) is 5.43. The van der Waals surface area contributed by atoms with Crippen LogP contribution in [-0.2, 0) is 0 Å². The van der Waals surface area contributed by atoms with Crippen molar-refractivity contribution in [3.05, 3.63) is 95.3 Å². The Hall–Kier alpha value is -3.07. The lowest BCUT2D eigenvalue weighted by molar-refractivity contribution is 0.411. The van der Waals surface area contributed by atoms with Crippen molar-refractivity contribution in [1.82, 2.24) is 0 Å². The first-order valence-electron chi connectivity index (χ1n) is 7.97. The topological polar surface area (TPSA) is 18.5 Å². The number of ether oxygens (including phenoxy) is 2. The van der Waals surface area contributed by atoms with Crippen molar-refractivity contribution in [2.75, 3.05) is 14.2 Å². The van der Waals surface area contributed by atoms with Gasteiger partial charge in [-0.25, -0.2) is 4.39 Å². The summed E-state index contributed by atoms with van der Waals surface area (Å²) in [5, 5.41) is 0. The highest BCUT2D eigenvalue weighted by atomic mass is 19.1. The second-order valence-corrected chi connectivity index (χ2v) is 5.48. The van der Waals surface area contributed by atoms with E-state index in [2.05, 4.69) is 0 Å². The van der Waals surface area contributed by atoms with Crippen molar-refractivity contribution in [3.8, 4) is 11.5 Å². The number of benzene rings is 3. The third-order valence-electron chi connectivity index (χ3n) is 4.00. The van der Waals surface area contributed by atoms with Crippen LogP contribution in [0.25, 0.3) is 11.6 Å². The molecule has 0 aliphatic carbocycles. The first kappa shape index (κ1) is 16.8. The van der Waals surface area contributed by atoms with Crippen LogP contribution in [0.4, 0.5) is 4.39 Å². The van der Waals surface area contributed by atoms with Crippen LogP contribution in [0.2, 0.25) is 0 Å². The van der Waals surface area contributed by atoms with Crippen molar-refractivity contribution in [1.29, 1.82) is 0 Å². The number of halogens is 1. The molecule has 3 aromatic rings. The number of methoxy groups -OCH3 is 2. The highest BCUT2D eigenvalue weighted by Gasteiger charge is 2.15. The molecule has 0 saturated heterocycles. The Morgan fingerprint density at radius 2 is 1.20 bits per heavy atom. The maximum atomic E-state index is 14.2. The van der Waals surface area contributed by atoms with Gasteiger partial charge in [0, 0.05) is 16.7 Å². The molecule has 3 aromatic carbocycles. The quantitative estimate of drug-likeness (QED) is 0.579. The predicted molar refractivity (Wildman–Crippen MR) is 99.4 cm³/mol. The maximum Gasteiger partial charge on any atom is 0.130 e. The Morgan fingerprint density at radius 1 is 0.720 bits per heavy atom. The normalized spacial score (nSPS) is 10.2. The lowest BCUT2D eigenvalue weighted by Crippen LogP contribution is -1.97. The van der Waals surface area contributed by atoms with Gasteiger partial charge in [-0.15, -0.1) is 0 Å². The van der Waals surface area contributed by atoms with Crippen LogP contribution in [0, 0.1) is 5.82 Å². The molecule has 0 fully saturated rings. The molecule has 0 unspecified atom stereocenters. The first-order chi connectivity index (χ1) is 12.2. The molecule has 0 spiro atoms. The second kappa shape index (κ2) is 7.67. The number of rotatable bonds is 5. The van der Waals surface area contributed by atoms with Crippen molar-refractivity contribution >= 4 is 11.6 Å². The standard InChI is InChI=1S/C22H19FO2/c1-24-21-13-7-4-10-17(21)19(15-16-9-3-6-12-20(16)23)18-11-5-8-14-22(18)25-2/h3-15H,1-2H3.